The van der Waals surface area contributed by atoms with Crippen LogP contribution in [0, 0.1) is 6.92 Å². The first-order valence-electron chi connectivity index (χ1n) is 10.6. The Morgan fingerprint density at radius 2 is 1.71 bits per heavy atom. The first kappa shape index (κ1) is 20.7. The van der Waals surface area contributed by atoms with E-state index in [1.165, 1.54) is 5.56 Å². The Morgan fingerprint density at radius 3 is 2.39 bits per heavy atom. The van der Waals surface area contributed by atoms with Crippen LogP contribution in [0.2, 0.25) is 0 Å². The summed E-state index contributed by atoms with van der Waals surface area (Å²) in [5, 5.41) is 11.8. The number of amides is 2. The molecule has 0 bridgehead atoms. The second kappa shape index (κ2) is 9.47. The van der Waals surface area contributed by atoms with Crippen LogP contribution >= 0.6 is 0 Å². The molecule has 7 heteroatoms. The van der Waals surface area contributed by atoms with Crippen LogP contribution in [0.15, 0.2) is 60.7 Å². The highest BCUT2D eigenvalue weighted by atomic mass is 16.5. The maximum absolute atomic E-state index is 12.7. The van der Waals surface area contributed by atoms with Crippen molar-refractivity contribution in [2.75, 3.05) is 43.0 Å². The van der Waals surface area contributed by atoms with Crippen LogP contribution in [0.3, 0.4) is 0 Å². The molecule has 1 fully saturated rings. The topological polar surface area (TPSA) is 70.6 Å². The summed E-state index contributed by atoms with van der Waals surface area (Å²) < 4.78 is 5.59. The van der Waals surface area contributed by atoms with E-state index in [0.717, 1.165) is 17.1 Å². The fourth-order valence-corrected chi connectivity index (χ4v) is 3.56. The number of rotatable bonds is 5. The van der Waals surface area contributed by atoms with Gasteiger partial charge >= 0.3 is 6.03 Å². The SMILES string of the molecule is CCOc1ccccc1NC(=O)N1CCN(c2ccc(-c3ccc(C)cc3)nn2)CC1. The average molecular weight is 418 g/mol. The number of aromatic nitrogens is 2. The van der Waals surface area contributed by atoms with E-state index in [1.807, 2.05) is 48.2 Å². The summed E-state index contributed by atoms with van der Waals surface area (Å²) in [6.07, 6.45) is 0. The predicted molar refractivity (Wildman–Crippen MR) is 123 cm³/mol. The summed E-state index contributed by atoms with van der Waals surface area (Å²) in [6.45, 7) is 7.19. The molecule has 0 aliphatic carbocycles. The van der Waals surface area contributed by atoms with Crippen molar-refractivity contribution in [1.29, 1.82) is 0 Å². The number of hydrogen-bond donors (Lipinski definition) is 1. The Bertz CT molecular complexity index is 1010. The first-order chi connectivity index (χ1) is 15.1. The third-order valence-electron chi connectivity index (χ3n) is 5.32. The van der Waals surface area contributed by atoms with Crippen LogP contribution in [0.5, 0.6) is 5.75 Å². The fourth-order valence-electron chi connectivity index (χ4n) is 3.56. The van der Waals surface area contributed by atoms with Gasteiger partial charge in [0.15, 0.2) is 5.82 Å². The molecule has 160 valence electrons. The van der Waals surface area contributed by atoms with Crippen LogP contribution in [-0.4, -0.2) is 53.9 Å². The number of hydrogen-bond acceptors (Lipinski definition) is 5. The Labute approximate surface area is 182 Å². The molecule has 1 aliphatic heterocycles. The number of carbonyl (C=O) groups excluding carboxylic acids is 1. The number of anilines is 2. The van der Waals surface area contributed by atoms with E-state index in [1.54, 1.807) is 0 Å². The van der Waals surface area contributed by atoms with Gasteiger partial charge in [-0.25, -0.2) is 4.79 Å². The van der Waals surface area contributed by atoms with Crippen LogP contribution < -0.4 is 15.0 Å². The Hall–Kier alpha value is -3.61. The van der Waals surface area contributed by atoms with Crippen LogP contribution in [0.1, 0.15) is 12.5 Å². The maximum Gasteiger partial charge on any atom is 0.322 e. The minimum absolute atomic E-state index is 0.118. The largest absolute Gasteiger partial charge is 0.492 e. The maximum atomic E-state index is 12.7. The zero-order chi connectivity index (χ0) is 21.6. The number of carbonyl (C=O) groups is 1. The normalized spacial score (nSPS) is 13.7. The first-order valence-corrected chi connectivity index (χ1v) is 10.6. The highest BCUT2D eigenvalue weighted by molar-refractivity contribution is 5.91. The molecular weight excluding hydrogens is 390 g/mol. The van der Waals surface area contributed by atoms with E-state index in [4.69, 9.17) is 4.74 Å². The van der Waals surface area contributed by atoms with Crippen molar-refractivity contribution in [3.63, 3.8) is 0 Å². The Balaban J connectivity index is 1.34. The number of nitrogens with one attached hydrogen (secondary N) is 1. The number of piperazine rings is 1. The molecule has 0 saturated carbocycles. The van der Waals surface area contributed by atoms with Crippen LogP contribution in [0.4, 0.5) is 16.3 Å². The van der Waals surface area contributed by atoms with E-state index < -0.39 is 0 Å². The molecule has 1 N–H and O–H groups in total. The van der Waals surface area contributed by atoms with Gasteiger partial charge in [-0.3, -0.25) is 0 Å². The van der Waals surface area contributed by atoms with Gasteiger partial charge in [-0.2, -0.15) is 0 Å². The van der Waals surface area contributed by atoms with Gasteiger partial charge in [0.1, 0.15) is 5.75 Å². The van der Waals surface area contributed by atoms with Crippen LogP contribution in [-0.2, 0) is 0 Å². The van der Waals surface area contributed by atoms with E-state index in [0.29, 0.717) is 44.2 Å². The fraction of sp³-hybridized carbons (Fsp3) is 0.292. The zero-order valence-corrected chi connectivity index (χ0v) is 17.9. The average Bonchev–Trinajstić information content (AvgIpc) is 2.81. The minimum Gasteiger partial charge on any atom is -0.492 e. The lowest BCUT2D eigenvalue weighted by molar-refractivity contribution is 0.208. The standard InChI is InChI=1S/C24H27N5O2/c1-3-31-22-7-5-4-6-21(22)25-24(30)29-16-14-28(15-17-29)23-13-12-20(26-27-23)19-10-8-18(2)9-11-19/h4-13H,3,14-17H2,1-2H3,(H,25,30). The van der Waals surface area contributed by atoms with E-state index in [2.05, 4.69) is 51.6 Å². The molecular formula is C24H27N5O2. The van der Waals surface area contributed by atoms with E-state index >= 15 is 0 Å². The second-order valence-corrected chi connectivity index (χ2v) is 7.48. The van der Waals surface area contributed by atoms with Crippen molar-refractivity contribution in [1.82, 2.24) is 15.1 Å². The van der Waals surface area contributed by atoms with Crippen molar-refractivity contribution in [3.8, 4) is 17.0 Å². The van der Waals surface area contributed by atoms with Gasteiger partial charge in [-0.15, -0.1) is 10.2 Å². The molecule has 1 saturated heterocycles. The number of aryl methyl sites for hydroxylation is 1. The van der Waals surface area contributed by atoms with Gasteiger partial charge in [-0.1, -0.05) is 42.0 Å². The summed E-state index contributed by atoms with van der Waals surface area (Å²) in [5.74, 6) is 1.51. The van der Waals surface area contributed by atoms with E-state index in [9.17, 15) is 4.79 Å². The van der Waals surface area contributed by atoms with Gasteiger partial charge in [0.25, 0.3) is 0 Å². The smallest absolute Gasteiger partial charge is 0.322 e. The van der Waals surface area contributed by atoms with Gasteiger partial charge < -0.3 is 19.9 Å². The summed E-state index contributed by atoms with van der Waals surface area (Å²) in [5.41, 5.74) is 3.82. The molecule has 2 heterocycles. The summed E-state index contributed by atoms with van der Waals surface area (Å²) in [4.78, 5) is 16.7. The molecule has 0 atom stereocenters. The number of para-hydroxylation sites is 2. The molecule has 7 nitrogen and oxygen atoms in total. The van der Waals surface area contributed by atoms with Crippen molar-refractivity contribution < 1.29 is 9.53 Å². The molecule has 0 spiro atoms. The summed E-state index contributed by atoms with van der Waals surface area (Å²) in [6, 6.07) is 19.6. The number of urea groups is 1. The number of benzene rings is 2. The third-order valence-corrected chi connectivity index (χ3v) is 5.32. The molecule has 2 amide bonds. The number of ether oxygens (including phenoxy) is 1. The molecule has 0 unspecified atom stereocenters. The molecule has 0 radical (unpaired) electrons. The van der Waals surface area contributed by atoms with Gasteiger partial charge in [-0.05, 0) is 38.1 Å². The monoisotopic (exact) mass is 417 g/mol. The lowest BCUT2D eigenvalue weighted by atomic mass is 10.1. The Kier molecular flexibility index (Phi) is 6.31. The van der Waals surface area contributed by atoms with E-state index in [-0.39, 0.29) is 6.03 Å². The van der Waals surface area contributed by atoms with Gasteiger partial charge in [0.2, 0.25) is 0 Å². The van der Waals surface area contributed by atoms with Crippen molar-refractivity contribution >= 4 is 17.5 Å². The lowest BCUT2D eigenvalue weighted by Gasteiger charge is -2.35. The quantitative estimate of drug-likeness (QED) is 0.674. The van der Waals surface area contributed by atoms with Crippen molar-refractivity contribution in [3.05, 3.63) is 66.2 Å². The summed E-state index contributed by atoms with van der Waals surface area (Å²) >= 11 is 0. The Morgan fingerprint density at radius 1 is 0.968 bits per heavy atom. The van der Waals surface area contributed by atoms with Crippen molar-refractivity contribution in [2.45, 2.75) is 13.8 Å². The molecule has 1 aromatic heterocycles. The molecule has 31 heavy (non-hydrogen) atoms. The highest BCUT2D eigenvalue weighted by Gasteiger charge is 2.23. The molecule has 4 rings (SSSR count). The van der Waals surface area contributed by atoms with Gasteiger partial charge in [0.05, 0.1) is 18.0 Å². The minimum atomic E-state index is -0.118. The molecule has 1 aliphatic rings. The second-order valence-electron chi connectivity index (χ2n) is 7.48. The van der Waals surface area contributed by atoms with Crippen LogP contribution in [0.25, 0.3) is 11.3 Å². The summed E-state index contributed by atoms with van der Waals surface area (Å²) in [7, 11) is 0. The third kappa shape index (κ3) is 4.94. The molecule has 2 aromatic carbocycles. The highest BCUT2D eigenvalue weighted by Crippen LogP contribution is 2.24. The zero-order valence-electron chi connectivity index (χ0n) is 17.9. The lowest BCUT2D eigenvalue weighted by Crippen LogP contribution is -2.50. The van der Waals surface area contributed by atoms with Gasteiger partial charge in [0, 0.05) is 31.7 Å². The number of nitrogens with zero attached hydrogens (tertiary/aromatic N) is 4. The molecule has 3 aromatic rings. The van der Waals surface area contributed by atoms with Crippen molar-refractivity contribution in [2.24, 2.45) is 0 Å². The predicted octanol–water partition coefficient (Wildman–Crippen LogP) is 4.20.